The van der Waals surface area contributed by atoms with Crippen LogP contribution in [0.15, 0.2) is 35.4 Å². The molecule has 0 bridgehead atoms. The van der Waals surface area contributed by atoms with Gasteiger partial charge in [-0.3, -0.25) is 0 Å². The highest BCUT2D eigenvalue weighted by molar-refractivity contribution is 7.89. The molecule has 6 nitrogen and oxygen atoms in total. The van der Waals surface area contributed by atoms with Crippen LogP contribution >= 0.6 is 0 Å². The number of rotatable bonds is 3. The van der Waals surface area contributed by atoms with E-state index in [-0.39, 0.29) is 4.90 Å². The minimum absolute atomic E-state index is 0.197. The average Bonchev–Trinajstić information content (AvgIpc) is 2.99. The fourth-order valence-electron chi connectivity index (χ4n) is 2.01. The zero-order chi connectivity index (χ0) is 13.5. The third-order valence-corrected chi connectivity index (χ3v) is 4.62. The molecule has 2 aromatic rings. The first-order valence-electron chi connectivity index (χ1n) is 5.79. The molecule has 0 fully saturated rings. The summed E-state index contributed by atoms with van der Waals surface area (Å²) in [6.07, 6.45) is 1.56. The summed E-state index contributed by atoms with van der Waals surface area (Å²) in [6.45, 7) is 1.27. The number of methoxy groups -OCH3 is 1. The lowest BCUT2D eigenvalue weighted by Gasteiger charge is -2.05. The van der Waals surface area contributed by atoms with Crippen LogP contribution < -0.4 is 10.1 Å². The Kier molecular flexibility index (Phi) is 2.79. The van der Waals surface area contributed by atoms with Crippen molar-refractivity contribution in [2.45, 2.75) is 18.0 Å². The van der Waals surface area contributed by atoms with Gasteiger partial charge in [0.2, 0.25) is 0 Å². The Morgan fingerprint density at radius 2 is 2.00 bits per heavy atom. The highest BCUT2D eigenvalue weighted by Gasteiger charge is 2.22. The first-order valence-corrected chi connectivity index (χ1v) is 7.23. The molecule has 0 aliphatic carbocycles. The van der Waals surface area contributed by atoms with E-state index < -0.39 is 10.0 Å². The molecule has 7 heteroatoms. The molecule has 0 saturated heterocycles. The second-order valence-electron chi connectivity index (χ2n) is 4.26. The largest absolute Gasteiger partial charge is 0.497 e. The Hall–Kier alpha value is -1.86. The highest BCUT2D eigenvalue weighted by Crippen LogP contribution is 2.20. The van der Waals surface area contributed by atoms with Gasteiger partial charge in [-0.1, -0.05) is 0 Å². The van der Waals surface area contributed by atoms with Gasteiger partial charge in [0.05, 0.1) is 17.7 Å². The first kappa shape index (κ1) is 12.2. The molecular weight excluding hydrogens is 266 g/mol. The van der Waals surface area contributed by atoms with Gasteiger partial charge in [-0.05, 0) is 24.3 Å². The quantitative estimate of drug-likeness (QED) is 0.896. The van der Waals surface area contributed by atoms with Crippen LogP contribution in [0.4, 0.5) is 0 Å². The summed E-state index contributed by atoms with van der Waals surface area (Å²) in [6, 6.07) is 6.26. The van der Waals surface area contributed by atoms with E-state index in [0.717, 1.165) is 15.3 Å². The second-order valence-corrected chi connectivity index (χ2v) is 6.05. The maximum atomic E-state index is 12.4. The molecule has 0 atom stereocenters. The van der Waals surface area contributed by atoms with E-state index in [1.807, 2.05) is 0 Å². The Bertz CT molecular complexity index is 683. The van der Waals surface area contributed by atoms with Gasteiger partial charge in [-0.25, -0.2) is 0 Å². The van der Waals surface area contributed by atoms with Crippen molar-refractivity contribution in [1.29, 1.82) is 0 Å². The molecule has 19 heavy (non-hydrogen) atoms. The van der Waals surface area contributed by atoms with Crippen molar-refractivity contribution in [3.63, 3.8) is 0 Å². The topological polar surface area (TPSA) is 73.2 Å². The second kappa shape index (κ2) is 4.36. The van der Waals surface area contributed by atoms with Gasteiger partial charge in [0.25, 0.3) is 10.0 Å². The molecule has 0 spiro atoms. The van der Waals surface area contributed by atoms with Crippen LogP contribution in [0.1, 0.15) is 11.3 Å². The van der Waals surface area contributed by atoms with Gasteiger partial charge in [-0.15, -0.1) is 0 Å². The molecular formula is C12H13N3O3S. The van der Waals surface area contributed by atoms with Crippen molar-refractivity contribution in [2.75, 3.05) is 7.11 Å². The fraction of sp³-hybridized carbons (Fsp3) is 0.250. The summed E-state index contributed by atoms with van der Waals surface area (Å²) < 4.78 is 30.8. The van der Waals surface area contributed by atoms with Gasteiger partial charge in [-0.2, -0.15) is 17.6 Å². The summed E-state index contributed by atoms with van der Waals surface area (Å²) in [5.74, 6) is 0.617. The molecule has 1 aromatic carbocycles. The SMILES string of the molecule is COc1ccc(S(=O)(=O)n2cc3c(n2)CNC3)cc1. The van der Waals surface area contributed by atoms with Gasteiger partial charge in [0.15, 0.2) is 0 Å². The van der Waals surface area contributed by atoms with Crippen molar-refractivity contribution in [1.82, 2.24) is 14.5 Å². The third kappa shape index (κ3) is 2.00. The molecule has 0 radical (unpaired) electrons. The smallest absolute Gasteiger partial charge is 0.282 e. The molecule has 0 saturated carbocycles. The van der Waals surface area contributed by atoms with E-state index in [2.05, 4.69) is 10.4 Å². The van der Waals surface area contributed by atoms with Crippen molar-refractivity contribution in [3.05, 3.63) is 41.7 Å². The van der Waals surface area contributed by atoms with E-state index >= 15 is 0 Å². The Balaban J connectivity index is 2.01. The van der Waals surface area contributed by atoms with Crippen LogP contribution in [0.3, 0.4) is 0 Å². The number of nitrogens with one attached hydrogen (secondary N) is 1. The average molecular weight is 279 g/mol. The molecule has 0 amide bonds. The Morgan fingerprint density at radius 1 is 1.26 bits per heavy atom. The highest BCUT2D eigenvalue weighted by atomic mass is 32.2. The number of aromatic nitrogens is 2. The predicted octanol–water partition coefficient (Wildman–Crippen LogP) is 0.732. The van der Waals surface area contributed by atoms with Gasteiger partial charge < -0.3 is 10.1 Å². The van der Waals surface area contributed by atoms with Gasteiger partial charge in [0.1, 0.15) is 5.75 Å². The number of ether oxygens (including phenoxy) is 1. The van der Waals surface area contributed by atoms with Crippen molar-refractivity contribution < 1.29 is 13.2 Å². The molecule has 1 aliphatic heterocycles. The summed E-state index contributed by atoms with van der Waals surface area (Å²) in [7, 11) is -2.08. The van der Waals surface area contributed by atoms with Gasteiger partial charge >= 0.3 is 0 Å². The van der Waals surface area contributed by atoms with Crippen LogP contribution in [-0.4, -0.2) is 24.7 Å². The Morgan fingerprint density at radius 3 is 2.63 bits per heavy atom. The van der Waals surface area contributed by atoms with Gasteiger partial charge in [0, 0.05) is 24.8 Å². The Labute approximate surface area is 111 Å². The summed E-state index contributed by atoms with van der Waals surface area (Å²) in [5.41, 5.74) is 1.72. The van der Waals surface area contributed by atoms with Crippen LogP contribution in [0, 0.1) is 0 Å². The van der Waals surface area contributed by atoms with E-state index in [0.29, 0.717) is 18.8 Å². The van der Waals surface area contributed by atoms with Crippen molar-refractivity contribution >= 4 is 10.0 Å². The maximum Gasteiger partial charge on any atom is 0.282 e. The maximum absolute atomic E-state index is 12.4. The van der Waals surface area contributed by atoms with Crippen LogP contribution in [0.5, 0.6) is 5.75 Å². The van der Waals surface area contributed by atoms with E-state index in [9.17, 15) is 8.42 Å². The van der Waals surface area contributed by atoms with E-state index in [1.54, 1.807) is 18.3 Å². The predicted molar refractivity (Wildman–Crippen MR) is 68.3 cm³/mol. The minimum atomic E-state index is -3.62. The number of hydrogen-bond donors (Lipinski definition) is 1. The molecule has 0 unspecified atom stereocenters. The number of nitrogens with zero attached hydrogens (tertiary/aromatic N) is 2. The zero-order valence-electron chi connectivity index (χ0n) is 10.3. The number of fused-ring (bicyclic) bond motifs is 1. The molecule has 3 rings (SSSR count). The van der Waals surface area contributed by atoms with Crippen LogP contribution in [-0.2, 0) is 23.1 Å². The lowest BCUT2D eigenvalue weighted by molar-refractivity contribution is 0.414. The number of benzene rings is 1. The number of hydrogen-bond acceptors (Lipinski definition) is 5. The molecule has 1 N–H and O–H groups in total. The standard InChI is InChI=1S/C12H13N3O3S/c1-18-10-2-4-11(5-3-10)19(16,17)15-8-9-6-13-7-12(9)14-15/h2-5,8,13H,6-7H2,1H3. The normalized spacial score (nSPS) is 14.4. The summed E-state index contributed by atoms with van der Waals surface area (Å²) in [4.78, 5) is 0.197. The van der Waals surface area contributed by atoms with Crippen LogP contribution in [0.25, 0.3) is 0 Å². The summed E-state index contributed by atoms with van der Waals surface area (Å²) in [5, 5.41) is 7.23. The van der Waals surface area contributed by atoms with Crippen molar-refractivity contribution in [3.8, 4) is 5.75 Å². The molecule has 2 heterocycles. The van der Waals surface area contributed by atoms with Crippen LogP contribution in [0.2, 0.25) is 0 Å². The lowest BCUT2D eigenvalue weighted by atomic mass is 10.3. The fourth-order valence-corrected chi connectivity index (χ4v) is 3.18. The first-order chi connectivity index (χ1) is 9.11. The summed E-state index contributed by atoms with van der Waals surface area (Å²) >= 11 is 0. The monoisotopic (exact) mass is 279 g/mol. The molecule has 1 aliphatic rings. The van der Waals surface area contributed by atoms with E-state index in [4.69, 9.17) is 4.74 Å². The van der Waals surface area contributed by atoms with E-state index in [1.165, 1.54) is 19.2 Å². The molecule has 100 valence electrons. The third-order valence-electron chi connectivity index (χ3n) is 3.07. The minimum Gasteiger partial charge on any atom is -0.497 e. The lowest BCUT2D eigenvalue weighted by Crippen LogP contribution is -2.15. The zero-order valence-corrected chi connectivity index (χ0v) is 11.1. The van der Waals surface area contributed by atoms with Crippen molar-refractivity contribution in [2.24, 2.45) is 0 Å². The molecule has 1 aromatic heterocycles.